The van der Waals surface area contributed by atoms with Gasteiger partial charge in [0.05, 0.1) is 4.91 Å². The molecule has 1 fully saturated rings. The van der Waals surface area contributed by atoms with Gasteiger partial charge in [-0.15, -0.1) is 0 Å². The number of hydrogen-bond acceptors (Lipinski definition) is 3. The van der Waals surface area contributed by atoms with E-state index >= 15 is 0 Å². The van der Waals surface area contributed by atoms with Crippen molar-refractivity contribution in [1.29, 1.82) is 0 Å². The third kappa shape index (κ3) is 4.08. The molecule has 0 saturated carbocycles. The second-order valence-corrected chi connectivity index (χ2v) is 9.11. The molecule has 3 aromatic rings. The Labute approximate surface area is 182 Å². The van der Waals surface area contributed by atoms with Gasteiger partial charge in [0.15, 0.2) is 5.17 Å². The van der Waals surface area contributed by atoms with Crippen LogP contribution in [0.25, 0.3) is 17.0 Å². The Bertz CT molecular complexity index is 1130. The van der Waals surface area contributed by atoms with Crippen LogP contribution in [0.1, 0.15) is 38.8 Å². The van der Waals surface area contributed by atoms with Crippen molar-refractivity contribution in [3.05, 3.63) is 76.8 Å². The SMILES string of the molecule is CC(C)N=C1S/C(=C/c2cn(Cc3ccccc3)c3ccccc23)C(=O)N1C(C)C. The number of rotatable bonds is 5. The number of amidine groups is 1. The van der Waals surface area contributed by atoms with E-state index in [1.807, 2.05) is 45.9 Å². The minimum Gasteiger partial charge on any atom is -0.342 e. The Hall–Kier alpha value is -2.79. The van der Waals surface area contributed by atoms with Crippen molar-refractivity contribution >= 4 is 39.8 Å². The summed E-state index contributed by atoms with van der Waals surface area (Å²) in [6.07, 6.45) is 4.17. The molecule has 2 heterocycles. The first kappa shape index (κ1) is 20.5. The fourth-order valence-corrected chi connectivity index (χ4v) is 4.92. The molecular weight excluding hydrogens is 390 g/mol. The highest BCUT2D eigenvalue weighted by Crippen LogP contribution is 2.35. The molecule has 4 nitrogen and oxygen atoms in total. The molecule has 1 aromatic heterocycles. The summed E-state index contributed by atoms with van der Waals surface area (Å²) in [5.41, 5.74) is 3.48. The summed E-state index contributed by atoms with van der Waals surface area (Å²) in [6.45, 7) is 8.93. The van der Waals surface area contributed by atoms with Gasteiger partial charge in [0.2, 0.25) is 0 Å². The average molecular weight is 418 g/mol. The van der Waals surface area contributed by atoms with Crippen molar-refractivity contribution in [3.8, 4) is 0 Å². The zero-order chi connectivity index (χ0) is 21.3. The van der Waals surface area contributed by atoms with Crippen molar-refractivity contribution in [3.63, 3.8) is 0 Å². The van der Waals surface area contributed by atoms with E-state index in [2.05, 4.69) is 58.2 Å². The van der Waals surface area contributed by atoms with E-state index in [1.54, 1.807) is 4.90 Å². The number of benzene rings is 2. The fourth-order valence-electron chi connectivity index (χ4n) is 3.70. The number of amides is 1. The predicted molar refractivity (Wildman–Crippen MR) is 128 cm³/mol. The van der Waals surface area contributed by atoms with E-state index in [9.17, 15) is 4.79 Å². The zero-order valence-corrected chi connectivity index (χ0v) is 18.7. The molecule has 1 saturated heterocycles. The molecule has 30 heavy (non-hydrogen) atoms. The van der Waals surface area contributed by atoms with E-state index in [0.29, 0.717) is 0 Å². The maximum atomic E-state index is 13.1. The van der Waals surface area contributed by atoms with Gasteiger partial charge in [-0.25, -0.2) is 0 Å². The van der Waals surface area contributed by atoms with Crippen LogP contribution >= 0.6 is 11.8 Å². The monoisotopic (exact) mass is 417 g/mol. The Balaban J connectivity index is 1.75. The molecule has 1 aliphatic heterocycles. The van der Waals surface area contributed by atoms with Crippen LogP contribution in [0.3, 0.4) is 0 Å². The highest BCUT2D eigenvalue weighted by Gasteiger charge is 2.35. The van der Waals surface area contributed by atoms with E-state index in [1.165, 1.54) is 22.8 Å². The quantitative estimate of drug-likeness (QED) is 0.494. The van der Waals surface area contributed by atoms with E-state index in [4.69, 9.17) is 0 Å². The predicted octanol–water partition coefficient (Wildman–Crippen LogP) is 5.78. The lowest BCUT2D eigenvalue weighted by Gasteiger charge is -2.20. The van der Waals surface area contributed by atoms with Gasteiger partial charge in [-0.2, -0.15) is 0 Å². The number of thioether (sulfide) groups is 1. The van der Waals surface area contributed by atoms with Crippen LogP contribution in [0.5, 0.6) is 0 Å². The molecule has 0 radical (unpaired) electrons. The van der Waals surface area contributed by atoms with Gasteiger partial charge >= 0.3 is 0 Å². The molecule has 1 aliphatic rings. The molecule has 0 unspecified atom stereocenters. The fraction of sp³-hybridized carbons (Fsp3) is 0.280. The molecule has 0 spiro atoms. The minimum absolute atomic E-state index is 0.0364. The molecule has 0 atom stereocenters. The highest BCUT2D eigenvalue weighted by molar-refractivity contribution is 8.18. The molecular formula is C25H27N3OS. The summed E-state index contributed by atoms with van der Waals surface area (Å²) in [6, 6.07) is 19.0. The van der Waals surface area contributed by atoms with Crippen molar-refractivity contribution in [2.75, 3.05) is 0 Å². The van der Waals surface area contributed by atoms with Gasteiger partial charge in [-0.1, -0.05) is 48.5 Å². The lowest BCUT2D eigenvalue weighted by atomic mass is 10.1. The molecule has 4 rings (SSSR count). The summed E-state index contributed by atoms with van der Waals surface area (Å²) >= 11 is 1.48. The van der Waals surface area contributed by atoms with Crippen molar-refractivity contribution < 1.29 is 4.79 Å². The number of para-hydroxylation sites is 1. The van der Waals surface area contributed by atoms with Gasteiger partial charge in [0, 0.05) is 41.3 Å². The first-order chi connectivity index (χ1) is 14.4. The number of aromatic nitrogens is 1. The number of carbonyl (C=O) groups is 1. The van der Waals surface area contributed by atoms with Gasteiger partial charge in [-0.05, 0) is 57.2 Å². The maximum absolute atomic E-state index is 13.1. The lowest BCUT2D eigenvalue weighted by Crippen LogP contribution is -2.35. The highest BCUT2D eigenvalue weighted by atomic mass is 32.2. The molecule has 0 N–H and O–H groups in total. The molecule has 0 aliphatic carbocycles. The molecule has 1 amide bonds. The maximum Gasteiger partial charge on any atom is 0.266 e. The van der Waals surface area contributed by atoms with E-state index in [-0.39, 0.29) is 18.0 Å². The molecule has 2 aromatic carbocycles. The van der Waals surface area contributed by atoms with Crippen LogP contribution in [0.2, 0.25) is 0 Å². The van der Waals surface area contributed by atoms with Crippen LogP contribution in [0, 0.1) is 0 Å². The molecule has 154 valence electrons. The van der Waals surface area contributed by atoms with Crippen molar-refractivity contribution in [2.24, 2.45) is 4.99 Å². The third-order valence-electron chi connectivity index (χ3n) is 5.02. The first-order valence-electron chi connectivity index (χ1n) is 10.4. The number of carbonyl (C=O) groups excluding carboxylic acids is 1. The van der Waals surface area contributed by atoms with E-state index < -0.39 is 0 Å². The minimum atomic E-state index is 0.0364. The third-order valence-corrected chi connectivity index (χ3v) is 6.02. The lowest BCUT2D eigenvalue weighted by molar-refractivity contribution is -0.123. The summed E-state index contributed by atoms with van der Waals surface area (Å²) < 4.78 is 2.25. The van der Waals surface area contributed by atoms with E-state index in [0.717, 1.165) is 27.6 Å². The number of aliphatic imine (C=N–C) groups is 1. The Morgan fingerprint density at radius 1 is 1.00 bits per heavy atom. The zero-order valence-electron chi connectivity index (χ0n) is 17.9. The van der Waals surface area contributed by atoms with Crippen molar-refractivity contribution in [2.45, 2.75) is 46.3 Å². The van der Waals surface area contributed by atoms with Gasteiger partial charge in [0.25, 0.3) is 5.91 Å². The Morgan fingerprint density at radius 3 is 2.40 bits per heavy atom. The number of nitrogens with zero attached hydrogens (tertiary/aromatic N) is 3. The topological polar surface area (TPSA) is 37.6 Å². The van der Waals surface area contributed by atoms with Crippen LogP contribution in [0.4, 0.5) is 0 Å². The Kier molecular flexibility index (Phi) is 5.82. The number of hydrogen-bond donors (Lipinski definition) is 0. The van der Waals surface area contributed by atoms with Crippen LogP contribution in [0.15, 0.2) is 70.7 Å². The molecule has 5 heteroatoms. The smallest absolute Gasteiger partial charge is 0.266 e. The largest absolute Gasteiger partial charge is 0.342 e. The standard InChI is InChI=1S/C25H27N3OS/c1-17(2)26-25-28(18(3)4)24(29)23(30-25)14-20-16-27(15-19-10-6-5-7-11-19)22-13-9-8-12-21(20)22/h5-14,16-18H,15H2,1-4H3/b23-14+,26-25?. The second kappa shape index (κ2) is 8.52. The second-order valence-electron chi connectivity index (χ2n) is 8.10. The van der Waals surface area contributed by atoms with Crippen LogP contribution < -0.4 is 0 Å². The summed E-state index contributed by atoms with van der Waals surface area (Å²) in [5, 5.41) is 1.95. The molecule has 0 bridgehead atoms. The average Bonchev–Trinajstić information content (AvgIpc) is 3.20. The summed E-state index contributed by atoms with van der Waals surface area (Å²) in [4.78, 5) is 20.3. The van der Waals surface area contributed by atoms with Gasteiger partial charge < -0.3 is 4.57 Å². The Morgan fingerprint density at radius 2 is 1.70 bits per heavy atom. The summed E-state index contributed by atoms with van der Waals surface area (Å²) in [5.74, 6) is 0.0364. The summed E-state index contributed by atoms with van der Waals surface area (Å²) in [7, 11) is 0. The van der Waals surface area contributed by atoms with Gasteiger partial charge in [-0.3, -0.25) is 14.7 Å². The number of fused-ring (bicyclic) bond motifs is 1. The van der Waals surface area contributed by atoms with Crippen molar-refractivity contribution in [1.82, 2.24) is 9.47 Å². The normalized spacial score (nSPS) is 17.4. The van der Waals surface area contributed by atoms with Crippen LogP contribution in [-0.2, 0) is 11.3 Å². The van der Waals surface area contributed by atoms with Crippen LogP contribution in [-0.4, -0.2) is 32.6 Å². The van der Waals surface area contributed by atoms with Gasteiger partial charge in [0.1, 0.15) is 0 Å². The first-order valence-corrected chi connectivity index (χ1v) is 11.2.